The van der Waals surface area contributed by atoms with E-state index in [-0.39, 0.29) is 0 Å². The van der Waals surface area contributed by atoms with Crippen molar-refractivity contribution in [2.24, 2.45) is 0 Å². The Balaban J connectivity index is 0. The van der Waals surface area contributed by atoms with Gasteiger partial charge in [0.25, 0.3) is 0 Å². The first kappa shape index (κ1) is 14.3. The van der Waals surface area contributed by atoms with Gasteiger partial charge in [0, 0.05) is 0 Å². The predicted molar refractivity (Wildman–Crippen MR) is 62.5 cm³/mol. The molecule has 0 heteroatoms. The Kier molecular flexibility index (Phi) is 11.9. The lowest BCUT2D eigenvalue weighted by atomic mass is 10.1. The molecule has 0 atom stereocenters. The second kappa shape index (κ2) is 10.8. The molecule has 72 valence electrons. The number of allylic oxidation sites excluding steroid dienone is 6. The minimum atomic E-state index is 1.11. The van der Waals surface area contributed by atoms with Gasteiger partial charge in [0.15, 0.2) is 0 Å². The van der Waals surface area contributed by atoms with Crippen molar-refractivity contribution in [3.8, 4) is 12.8 Å². The van der Waals surface area contributed by atoms with Crippen LogP contribution in [0, 0.1) is 12.8 Å². The zero-order valence-corrected chi connectivity index (χ0v) is 9.17. The van der Waals surface area contributed by atoms with Crippen molar-refractivity contribution in [3.63, 3.8) is 0 Å². The molecule has 0 aromatic carbocycles. The van der Waals surface area contributed by atoms with Crippen LogP contribution < -0.4 is 0 Å². The number of hydrogen-bond donors (Lipinski definition) is 0. The highest BCUT2D eigenvalue weighted by molar-refractivity contribution is 5.33. The summed E-state index contributed by atoms with van der Waals surface area (Å²) >= 11 is 0. The maximum absolute atomic E-state index is 4.00. The van der Waals surface area contributed by atoms with E-state index in [1.165, 1.54) is 11.1 Å². The zero-order valence-electron chi connectivity index (χ0n) is 9.17. The minimum Gasteiger partial charge on any atom is -0.124 e. The first-order valence-corrected chi connectivity index (χ1v) is 4.52. The smallest absolute Gasteiger partial charge is 0.0277 e. The molecule has 0 aromatic heterocycles. The van der Waals surface area contributed by atoms with Crippen LogP contribution in [0.1, 0.15) is 34.1 Å². The highest BCUT2D eigenvalue weighted by Gasteiger charge is 1.86. The Hall–Kier alpha value is -1.22. The Morgan fingerprint density at radius 2 is 1.69 bits per heavy atom. The lowest BCUT2D eigenvalue weighted by molar-refractivity contribution is 1.21. The molecule has 0 saturated carbocycles. The lowest BCUT2D eigenvalue weighted by Crippen LogP contribution is -1.75. The van der Waals surface area contributed by atoms with Crippen LogP contribution in [-0.4, -0.2) is 0 Å². The van der Waals surface area contributed by atoms with E-state index < -0.39 is 0 Å². The van der Waals surface area contributed by atoms with Crippen LogP contribution in [0.15, 0.2) is 35.5 Å². The molecule has 0 amide bonds. The van der Waals surface area contributed by atoms with Gasteiger partial charge in [0.1, 0.15) is 0 Å². The van der Waals surface area contributed by atoms with E-state index in [1.807, 2.05) is 6.92 Å². The third kappa shape index (κ3) is 8.69. The van der Waals surface area contributed by atoms with E-state index in [9.17, 15) is 0 Å². The quantitative estimate of drug-likeness (QED) is 0.448. The highest BCUT2D eigenvalue weighted by atomic mass is 13.9. The van der Waals surface area contributed by atoms with E-state index in [4.69, 9.17) is 0 Å². The molecule has 0 nitrogen and oxygen atoms in total. The molecular weight excluding hydrogens is 156 g/mol. The third-order valence-corrected chi connectivity index (χ3v) is 1.46. The maximum atomic E-state index is 4.00. The predicted octanol–water partition coefficient (Wildman–Crippen LogP) is 4.11. The van der Waals surface area contributed by atoms with Gasteiger partial charge in [-0.15, -0.1) is 12.8 Å². The SMILES string of the molecule is C#C.C/C=C\C(/C=C\CC)=C(C)C. The number of terminal acetylenes is 1. The van der Waals surface area contributed by atoms with Crippen LogP contribution in [0.4, 0.5) is 0 Å². The summed E-state index contributed by atoms with van der Waals surface area (Å²) in [6.07, 6.45) is 17.7. The minimum absolute atomic E-state index is 1.11. The fraction of sp³-hybridized carbons (Fsp3) is 0.385. The van der Waals surface area contributed by atoms with Gasteiger partial charge in [-0.1, -0.05) is 36.8 Å². The molecule has 0 aliphatic carbocycles. The molecule has 0 aliphatic rings. The summed E-state index contributed by atoms with van der Waals surface area (Å²) in [4.78, 5) is 0. The monoisotopic (exact) mass is 176 g/mol. The Morgan fingerprint density at radius 1 is 1.15 bits per heavy atom. The van der Waals surface area contributed by atoms with Crippen molar-refractivity contribution in [2.75, 3.05) is 0 Å². The van der Waals surface area contributed by atoms with Crippen LogP contribution >= 0.6 is 0 Å². The average Bonchev–Trinajstić information content (AvgIpc) is 2.15. The molecule has 0 aliphatic heterocycles. The zero-order chi connectivity index (χ0) is 10.7. The van der Waals surface area contributed by atoms with Crippen LogP contribution in [0.25, 0.3) is 0 Å². The van der Waals surface area contributed by atoms with Crippen molar-refractivity contribution in [3.05, 3.63) is 35.5 Å². The van der Waals surface area contributed by atoms with Gasteiger partial charge in [0.05, 0.1) is 0 Å². The molecule has 13 heavy (non-hydrogen) atoms. The van der Waals surface area contributed by atoms with Gasteiger partial charge in [-0.2, -0.15) is 0 Å². The first-order valence-electron chi connectivity index (χ1n) is 4.52. The van der Waals surface area contributed by atoms with Gasteiger partial charge < -0.3 is 0 Å². The van der Waals surface area contributed by atoms with Crippen molar-refractivity contribution < 1.29 is 0 Å². The lowest BCUT2D eigenvalue weighted by Gasteiger charge is -1.96. The first-order chi connectivity index (χ1) is 6.22. The summed E-state index contributed by atoms with van der Waals surface area (Å²) < 4.78 is 0. The summed E-state index contributed by atoms with van der Waals surface area (Å²) in [5.74, 6) is 0. The molecule has 0 unspecified atom stereocenters. The Labute approximate surface area is 83.1 Å². The molecule has 0 saturated heterocycles. The molecule has 0 radical (unpaired) electrons. The van der Waals surface area contributed by atoms with Crippen LogP contribution in [0.5, 0.6) is 0 Å². The standard InChI is InChI=1S/C11H18.C2H2/c1-5-7-9-11(8-6-2)10(3)4;1-2/h6-9H,5H2,1-4H3;1-2H/b8-6-,9-7-;. The van der Waals surface area contributed by atoms with Gasteiger partial charge in [-0.05, 0) is 32.8 Å². The summed E-state index contributed by atoms with van der Waals surface area (Å²) in [6.45, 7) is 8.46. The Morgan fingerprint density at radius 3 is 2.00 bits per heavy atom. The van der Waals surface area contributed by atoms with Crippen molar-refractivity contribution in [1.29, 1.82) is 0 Å². The Bertz CT molecular complexity index is 207. The van der Waals surface area contributed by atoms with Gasteiger partial charge in [-0.25, -0.2) is 0 Å². The van der Waals surface area contributed by atoms with E-state index in [1.54, 1.807) is 0 Å². The normalized spacial score (nSPS) is 9.69. The maximum Gasteiger partial charge on any atom is -0.0277 e. The third-order valence-electron chi connectivity index (χ3n) is 1.46. The molecular formula is C13H20. The van der Waals surface area contributed by atoms with Gasteiger partial charge in [0.2, 0.25) is 0 Å². The number of hydrogen-bond acceptors (Lipinski definition) is 0. The van der Waals surface area contributed by atoms with Crippen molar-refractivity contribution in [1.82, 2.24) is 0 Å². The molecule has 0 rings (SSSR count). The summed E-state index contributed by atoms with van der Waals surface area (Å²) in [5.41, 5.74) is 2.70. The fourth-order valence-electron chi connectivity index (χ4n) is 0.813. The molecule has 0 aromatic rings. The number of rotatable bonds is 3. The summed E-state index contributed by atoms with van der Waals surface area (Å²) in [5, 5.41) is 0. The van der Waals surface area contributed by atoms with Crippen LogP contribution in [0.3, 0.4) is 0 Å². The average molecular weight is 176 g/mol. The largest absolute Gasteiger partial charge is 0.124 e. The van der Waals surface area contributed by atoms with E-state index in [0.29, 0.717) is 0 Å². The van der Waals surface area contributed by atoms with Crippen LogP contribution in [-0.2, 0) is 0 Å². The van der Waals surface area contributed by atoms with Crippen molar-refractivity contribution >= 4 is 0 Å². The highest BCUT2D eigenvalue weighted by Crippen LogP contribution is 2.06. The van der Waals surface area contributed by atoms with Crippen LogP contribution in [0.2, 0.25) is 0 Å². The summed E-state index contributed by atoms with van der Waals surface area (Å²) in [7, 11) is 0. The van der Waals surface area contributed by atoms with E-state index in [2.05, 4.69) is 57.9 Å². The molecule has 0 bridgehead atoms. The summed E-state index contributed by atoms with van der Waals surface area (Å²) in [6, 6.07) is 0. The van der Waals surface area contributed by atoms with E-state index >= 15 is 0 Å². The molecule has 0 fully saturated rings. The van der Waals surface area contributed by atoms with Gasteiger partial charge in [-0.3, -0.25) is 0 Å². The second-order valence-corrected chi connectivity index (χ2v) is 2.77. The molecule has 0 N–H and O–H groups in total. The van der Waals surface area contributed by atoms with Crippen molar-refractivity contribution in [2.45, 2.75) is 34.1 Å². The second-order valence-electron chi connectivity index (χ2n) is 2.77. The topological polar surface area (TPSA) is 0 Å². The molecule has 0 heterocycles. The molecule has 0 spiro atoms. The van der Waals surface area contributed by atoms with E-state index in [0.717, 1.165) is 6.42 Å². The van der Waals surface area contributed by atoms with Gasteiger partial charge >= 0.3 is 0 Å². The fourth-order valence-corrected chi connectivity index (χ4v) is 0.813.